The van der Waals surface area contributed by atoms with Crippen LogP contribution in [-0.4, -0.2) is 11.0 Å². The third kappa shape index (κ3) is 3.53. The Balaban J connectivity index is 1.96. The van der Waals surface area contributed by atoms with Gasteiger partial charge in [-0.1, -0.05) is 11.6 Å². The Kier molecular flexibility index (Phi) is 5.06. The number of nitrogens with zero attached hydrogens (tertiary/aromatic N) is 1. The van der Waals surface area contributed by atoms with Gasteiger partial charge in [0.05, 0.1) is 11.7 Å². The Hall–Kier alpha value is 0.0600. The molecular formula is C15H18BrClN2S2. The van der Waals surface area contributed by atoms with Crippen molar-refractivity contribution in [1.82, 2.24) is 10.3 Å². The predicted octanol–water partition coefficient (Wildman–Crippen LogP) is 5.59. The van der Waals surface area contributed by atoms with Crippen molar-refractivity contribution in [2.24, 2.45) is 0 Å². The Morgan fingerprint density at radius 2 is 2.05 bits per heavy atom. The van der Waals surface area contributed by atoms with E-state index in [4.69, 9.17) is 16.6 Å². The SMILES string of the molecule is CC(C)NC(c1cc(Br)c(Cl)s1)c1nc2c(s1)CCCC2. The molecule has 21 heavy (non-hydrogen) atoms. The molecule has 0 radical (unpaired) electrons. The second-order valence-corrected chi connectivity index (χ2v) is 9.31. The topological polar surface area (TPSA) is 24.9 Å². The first kappa shape index (κ1) is 15.9. The minimum absolute atomic E-state index is 0.148. The second kappa shape index (κ2) is 6.67. The Bertz CT molecular complexity index is 593. The molecule has 0 bridgehead atoms. The molecule has 6 heteroatoms. The van der Waals surface area contributed by atoms with E-state index in [1.165, 1.54) is 39.7 Å². The number of rotatable bonds is 4. The lowest BCUT2D eigenvalue weighted by atomic mass is 10.0. The molecule has 1 atom stereocenters. The highest BCUT2D eigenvalue weighted by atomic mass is 79.9. The van der Waals surface area contributed by atoms with Gasteiger partial charge in [0.25, 0.3) is 0 Å². The molecule has 0 aromatic carbocycles. The smallest absolute Gasteiger partial charge is 0.116 e. The van der Waals surface area contributed by atoms with Crippen LogP contribution in [0.4, 0.5) is 0 Å². The molecule has 0 aliphatic heterocycles. The molecule has 0 spiro atoms. The molecule has 114 valence electrons. The summed E-state index contributed by atoms with van der Waals surface area (Å²) >= 11 is 13.2. The van der Waals surface area contributed by atoms with E-state index in [0.29, 0.717) is 6.04 Å². The van der Waals surface area contributed by atoms with Gasteiger partial charge in [-0.05, 0) is 61.5 Å². The number of thiophene rings is 1. The summed E-state index contributed by atoms with van der Waals surface area (Å²) in [6, 6.07) is 2.66. The summed E-state index contributed by atoms with van der Waals surface area (Å²) in [5, 5.41) is 4.82. The number of thiazole rings is 1. The molecule has 0 amide bonds. The lowest BCUT2D eigenvalue weighted by Crippen LogP contribution is -2.28. The van der Waals surface area contributed by atoms with Gasteiger partial charge in [-0.3, -0.25) is 0 Å². The standard InChI is InChI=1S/C15H18BrClN2S2/c1-8(2)18-13(12-7-9(16)14(17)20-12)15-19-10-5-3-4-6-11(10)21-15/h7-8,13,18H,3-6H2,1-2H3. The number of fused-ring (bicyclic) bond motifs is 1. The van der Waals surface area contributed by atoms with Crippen LogP contribution in [0.1, 0.15) is 53.2 Å². The first-order valence-corrected chi connectivity index (χ1v) is 10.0. The van der Waals surface area contributed by atoms with Gasteiger partial charge >= 0.3 is 0 Å². The first-order chi connectivity index (χ1) is 10.0. The third-order valence-corrected chi connectivity index (χ3v) is 7.32. The lowest BCUT2D eigenvalue weighted by Gasteiger charge is -2.17. The van der Waals surface area contributed by atoms with Crippen LogP contribution < -0.4 is 5.32 Å². The second-order valence-electron chi connectivity index (χ2n) is 5.65. The maximum atomic E-state index is 6.23. The lowest BCUT2D eigenvalue weighted by molar-refractivity contribution is 0.531. The molecule has 0 fully saturated rings. The molecule has 3 rings (SSSR count). The fourth-order valence-corrected chi connectivity index (χ4v) is 5.72. The van der Waals surface area contributed by atoms with Crippen LogP contribution in [-0.2, 0) is 12.8 Å². The molecule has 2 aromatic heterocycles. The van der Waals surface area contributed by atoms with Crippen molar-refractivity contribution in [3.63, 3.8) is 0 Å². The molecule has 2 nitrogen and oxygen atoms in total. The Labute approximate surface area is 147 Å². The van der Waals surface area contributed by atoms with Crippen LogP contribution in [0.5, 0.6) is 0 Å². The van der Waals surface area contributed by atoms with E-state index in [1.54, 1.807) is 11.3 Å². The normalized spacial score (nSPS) is 16.2. The van der Waals surface area contributed by atoms with Gasteiger partial charge in [0.1, 0.15) is 9.34 Å². The van der Waals surface area contributed by atoms with Crippen molar-refractivity contribution in [3.8, 4) is 0 Å². The number of aromatic nitrogens is 1. The quantitative estimate of drug-likeness (QED) is 0.717. The summed E-state index contributed by atoms with van der Waals surface area (Å²) in [7, 11) is 0. The van der Waals surface area contributed by atoms with Crippen LogP contribution >= 0.6 is 50.2 Å². The molecule has 0 saturated carbocycles. The zero-order chi connectivity index (χ0) is 15.0. The van der Waals surface area contributed by atoms with E-state index in [9.17, 15) is 0 Å². The Morgan fingerprint density at radius 1 is 1.29 bits per heavy atom. The summed E-state index contributed by atoms with van der Waals surface area (Å²) in [6.07, 6.45) is 4.90. The van der Waals surface area contributed by atoms with E-state index in [-0.39, 0.29) is 6.04 Å². The summed E-state index contributed by atoms with van der Waals surface area (Å²) in [5.41, 5.74) is 1.32. The van der Waals surface area contributed by atoms with Crippen molar-refractivity contribution in [3.05, 3.63) is 35.3 Å². The van der Waals surface area contributed by atoms with Gasteiger partial charge in [0.2, 0.25) is 0 Å². The maximum Gasteiger partial charge on any atom is 0.116 e. The fourth-order valence-electron chi connectivity index (χ4n) is 2.61. The minimum Gasteiger partial charge on any atom is -0.301 e. The molecule has 1 N–H and O–H groups in total. The van der Waals surface area contributed by atoms with Gasteiger partial charge in [0, 0.05) is 20.3 Å². The van der Waals surface area contributed by atoms with Crippen molar-refractivity contribution in [2.75, 3.05) is 0 Å². The molecule has 1 unspecified atom stereocenters. The zero-order valence-electron chi connectivity index (χ0n) is 12.1. The monoisotopic (exact) mass is 404 g/mol. The van der Waals surface area contributed by atoms with Crippen LogP contribution in [0, 0.1) is 0 Å². The predicted molar refractivity (Wildman–Crippen MR) is 95.9 cm³/mol. The highest BCUT2D eigenvalue weighted by Gasteiger charge is 2.24. The summed E-state index contributed by atoms with van der Waals surface area (Å²) in [6.45, 7) is 4.34. The van der Waals surface area contributed by atoms with E-state index in [0.717, 1.165) is 15.2 Å². The van der Waals surface area contributed by atoms with Crippen LogP contribution in [0.2, 0.25) is 4.34 Å². The molecule has 1 aliphatic rings. The van der Waals surface area contributed by atoms with Crippen LogP contribution in [0.25, 0.3) is 0 Å². The molecule has 2 heterocycles. The Morgan fingerprint density at radius 3 is 2.67 bits per heavy atom. The first-order valence-electron chi connectivity index (χ1n) is 7.24. The number of halogens is 2. The minimum atomic E-state index is 0.148. The van der Waals surface area contributed by atoms with Crippen molar-refractivity contribution in [1.29, 1.82) is 0 Å². The largest absolute Gasteiger partial charge is 0.301 e. The van der Waals surface area contributed by atoms with Gasteiger partial charge in [-0.2, -0.15) is 0 Å². The summed E-state index contributed by atoms with van der Waals surface area (Å²) < 4.78 is 1.78. The highest BCUT2D eigenvalue weighted by Crippen LogP contribution is 2.39. The molecule has 1 aliphatic carbocycles. The van der Waals surface area contributed by atoms with Crippen LogP contribution in [0.3, 0.4) is 0 Å². The fraction of sp³-hybridized carbons (Fsp3) is 0.533. The zero-order valence-corrected chi connectivity index (χ0v) is 16.1. The highest BCUT2D eigenvalue weighted by molar-refractivity contribution is 9.10. The van der Waals surface area contributed by atoms with Gasteiger partial charge in [-0.25, -0.2) is 4.98 Å². The van der Waals surface area contributed by atoms with E-state index in [2.05, 4.69) is 41.2 Å². The van der Waals surface area contributed by atoms with E-state index < -0.39 is 0 Å². The average Bonchev–Trinajstić information content (AvgIpc) is 3.00. The molecular weight excluding hydrogens is 388 g/mol. The van der Waals surface area contributed by atoms with Crippen molar-refractivity contribution < 1.29 is 0 Å². The third-order valence-electron chi connectivity index (χ3n) is 3.56. The van der Waals surface area contributed by atoms with Crippen LogP contribution in [0.15, 0.2) is 10.5 Å². The van der Waals surface area contributed by atoms with Gasteiger partial charge in [0.15, 0.2) is 0 Å². The summed E-state index contributed by atoms with van der Waals surface area (Å²) in [5.74, 6) is 0. The van der Waals surface area contributed by atoms with E-state index in [1.807, 2.05) is 11.3 Å². The number of hydrogen-bond acceptors (Lipinski definition) is 4. The number of hydrogen-bond donors (Lipinski definition) is 1. The number of nitrogens with one attached hydrogen (secondary N) is 1. The van der Waals surface area contributed by atoms with Gasteiger partial charge in [-0.15, -0.1) is 22.7 Å². The molecule has 2 aromatic rings. The van der Waals surface area contributed by atoms with Crippen molar-refractivity contribution >= 4 is 50.2 Å². The maximum absolute atomic E-state index is 6.23. The average molecular weight is 406 g/mol. The van der Waals surface area contributed by atoms with Crippen molar-refractivity contribution in [2.45, 2.75) is 51.6 Å². The van der Waals surface area contributed by atoms with E-state index >= 15 is 0 Å². The molecule has 0 saturated heterocycles. The number of aryl methyl sites for hydroxylation is 2. The summed E-state index contributed by atoms with van der Waals surface area (Å²) in [4.78, 5) is 7.63. The van der Waals surface area contributed by atoms with Gasteiger partial charge < -0.3 is 5.32 Å².